The molecule has 0 radical (unpaired) electrons. The van der Waals surface area contributed by atoms with Crippen LogP contribution in [0.15, 0.2) is 30.3 Å². The molecule has 0 bridgehead atoms. The molecule has 0 aliphatic carbocycles. The number of carbonyl (C=O) groups is 2. The summed E-state index contributed by atoms with van der Waals surface area (Å²) in [6, 6.07) is 8.88. The second-order valence-electron chi connectivity index (χ2n) is 5.50. The van der Waals surface area contributed by atoms with E-state index in [1.807, 2.05) is 30.3 Å². The Kier molecular flexibility index (Phi) is 2.85. The zero-order chi connectivity index (χ0) is 14.4. The fourth-order valence-electron chi connectivity index (χ4n) is 3.29. The summed E-state index contributed by atoms with van der Waals surface area (Å²) in [6.45, 7) is 1.61. The van der Waals surface area contributed by atoms with Crippen molar-refractivity contribution < 1.29 is 19.1 Å². The first-order valence-corrected chi connectivity index (χ1v) is 7.19. The number of hydrogen-bond donors (Lipinski definition) is 0. The van der Waals surface area contributed by atoms with E-state index in [4.69, 9.17) is 9.47 Å². The van der Waals surface area contributed by atoms with Gasteiger partial charge >= 0.3 is 6.09 Å². The maximum Gasteiger partial charge on any atom is 0.411 e. The Morgan fingerprint density at radius 2 is 1.95 bits per heavy atom. The van der Waals surface area contributed by atoms with Gasteiger partial charge in [-0.3, -0.25) is 9.69 Å². The van der Waals surface area contributed by atoms with Crippen LogP contribution < -0.4 is 0 Å². The van der Waals surface area contributed by atoms with Gasteiger partial charge in [-0.2, -0.15) is 0 Å². The second kappa shape index (κ2) is 4.73. The number of nitrogens with zero attached hydrogens (tertiary/aromatic N) is 2. The number of amides is 2. The summed E-state index contributed by atoms with van der Waals surface area (Å²) >= 11 is 0. The highest BCUT2D eigenvalue weighted by Crippen LogP contribution is 2.37. The zero-order valence-electron chi connectivity index (χ0n) is 11.5. The topological polar surface area (TPSA) is 59.1 Å². The molecule has 0 saturated carbocycles. The lowest BCUT2D eigenvalue weighted by Crippen LogP contribution is -2.73. The third kappa shape index (κ3) is 1.82. The average Bonchev–Trinajstić information content (AvgIpc) is 2.89. The highest BCUT2D eigenvalue weighted by Gasteiger charge is 2.57. The predicted molar refractivity (Wildman–Crippen MR) is 72.2 cm³/mol. The number of cyclic esters (lactones) is 1. The number of benzene rings is 1. The minimum absolute atomic E-state index is 0.0421. The molecule has 3 aliphatic rings. The van der Waals surface area contributed by atoms with E-state index in [1.165, 1.54) is 0 Å². The summed E-state index contributed by atoms with van der Waals surface area (Å²) < 4.78 is 10.8. The van der Waals surface area contributed by atoms with Crippen LogP contribution in [0.5, 0.6) is 0 Å². The Bertz CT molecular complexity index is 576. The van der Waals surface area contributed by atoms with Crippen molar-refractivity contribution in [1.29, 1.82) is 0 Å². The molecule has 1 aromatic rings. The number of rotatable bonds is 2. The number of β-lactam (4-membered cyclic amide) rings is 1. The van der Waals surface area contributed by atoms with Gasteiger partial charge in [0.25, 0.3) is 5.91 Å². The predicted octanol–water partition coefficient (Wildman–Crippen LogP) is 1.14. The largest absolute Gasteiger partial charge is 0.447 e. The van der Waals surface area contributed by atoms with E-state index in [2.05, 4.69) is 0 Å². The van der Waals surface area contributed by atoms with E-state index in [0.29, 0.717) is 13.2 Å². The van der Waals surface area contributed by atoms with Gasteiger partial charge < -0.3 is 14.4 Å². The molecule has 3 saturated heterocycles. The lowest BCUT2D eigenvalue weighted by atomic mass is 9.97. The number of carbonyl (C=O) groups excluding carboxylic acids is 2. The van der Waals surface area contributed by atoms with Crippen LogP contribution in [0, 0.1) is 0 Å². The van der Waals surface area contributed by atoms with Crippen molar-refractivity contribution in [3.8, 4) is 0 Å². The first-order chi connectivity index (χ1) is 10.3. The third-order valence-electron chi connectivity index (χ3n) is 4.34. The lowest BCUT2D eigenvalue weighted by molar-refractivity contribution is -0.207. The summed E-state index contributed by atoms with van der Waals surface area (Å²) in [4.78, 5) is 27.6. The van der Waals surface area contributed by atoms with Crippen LogP contribution in [0.1, 0.15) is 18.0 Å². The van der Waals surface area contributed by atoms with Gasteiger partial charge in [-0.15, -0.1) is 0 Å². The fourth-order valence-corrected chi connectivity index (χ4v) is 3.29. The molecule has 3 fully saturated rings. The molecule has 3 heterocycles. The van der Waals surface area contributed by atoms with E-state index >= 15 is 0 Å². The van der Waals surface area contributed by atoms with Gasteiger partial charge in [0.2, 0.25) is 0 Å². The van der Waals surface area contributed by atoms with Gasteiger partial charge in [-0.1, -0.05) is 30.3 Å². The minimum atomic E-state index is -0.550. The Balaban J connectivity index is 1.63. The van der Waals surface area contributed by atoms with E-state index in [0.717, 1.165) is 12.0 Å². The summed E-state index contributed by atoms with van der Waals surface area (Å²) in [5.74, 6) is -0.0421. The maximum absolute atomic E-state index is 12.3. The molecule has 0 aromatic heterocycles. The quantitative estimate of drug-likeness (QED) is 0.766. The van der Waals surface area contributed by atoms with Crippen molar-refractivity contribution in [2.24, 2.45) is 0 Å². The molecule has 6 nitrogen and oxygen atoms in total. The van der Waals surface area contributed by atoms with Crippen molar-refractivity contribution in [3.05, 3.63) is 35.9 Å². The number of fused-ring (bicyclic) bond motifs is 1. The zero-order valence-corrected chi connectivity index (χ0v) is 11.5. The van der Waals surface area contributed by atoms with Crippen molar-refractivity contribution >= 4 is 12.0 Å². The third-order valence-corrected chi connectivity index (χ3v) is 4.34. The summed E-state index contributed by atoms with van der Waals surface area (Å²) in [5.41, 5.74) is 0.977. The van der Waals surface area contributed by atoms with E-state index < -0.39 is 12.1 Å². The molecule has 110 valence electrons. The molecule has 3 aliphatic heterocycles. The van der Waals surface area contributed by atoms with Crippen molar-refractivity contribution in [3.63, 3.8) is 0 Å². The van der Waals surface area contributed by atoms with Crippen molar-refractivity contribution in [1.82, 2.24) is 9.80 Å². The Hall–Kier alpha value is -2.08. The molecule has 0 unspecified atom stereocenters. The Morgan fingerprint density at radius 1 is 1.14 bits per heavy atom. The molecule has 1 aromatic carbocycles. The second-order valence-corrected chi connectivity index (χ2v) is 5.50. The van der Waals surface area contributed by atoms with Gasteiger partial charge in [0, 0.05) is 6.54 Å². The van der Waals surface area contributed by atoms with Gasteiger partial charge in [-0.05, 0) is 12.0 Å². The Labute approximate surface area is 122 Å². The van der Waals surface area contributed by atoms with Gasteiger partial charge in [-0.25, -0.2) is 4.79 Å². The average molecular weight is 288 g/mol. The van der Waals surface area contributed by atoms with Gasteiger partial charge in [0.05, 0.1) is 12.6 Å². The fraction of sp³-hybridized carbons (Fsp3) is 0.467. The number of hydrogen-bond acceptors (Lipinski definition) is 4. The van der Waals surface area contributed by atoms with Crippen LogP contribution in [0.4, 0.5) is 4.79 Å². The lowest BCUT2D eigenvalue weighted by Gasteiger charge is -2.52. The maximum atomic E-state index is 12.3. The molecule has 3 atom stereocenters. The minimum Gasteiger partial charge on any atom is -0.447 e. The van der Waals surface area contributed by atoms with Crippen LogP contribution in [0.3, 0.4) is 0 Å². The highest BCUT2D eigenvalue weighted by atomic mass is 16.6. The molecule has 0 spiro atoms. The molecule has 4 rings (SSSR count). The first kappa shape index (κ1) is 12.6. The molecule has 21 heavy (non-hydrogen) atoms. The van der Waals surface area contributed by atoms with E-state index in [9.17, 15) is 9.59 Å². The molecule has 0 N–H and O–H groups in total. The van der Waals surface area contributed by atoms with Crippen LogP contribution in [-0.4, -0.2) is 53.8 Å². The monoisotopic (exact) mass is 288 g/mol. The summed E-state index contributed by atoms with van der Waals surface area (Å²) in [5, 5.41) is 0. The van der Waals surface area contributed by atoms with E-state index in [-0.39, 0.29) is 24.8 Å². The van der Waals surface area contributed by atoms with E-state index in [1.54, 1.807) is 9.80 Å². The van der Waals surface area contributed by atoms with Crippen molar-refractivity contribution in [2.75, 3.05) is 19.8 Å². The molecule has 2 amide bonds. The van der Waals surface area contributed by atoms with Gasteiger partial charge in [0.1, 0.15) is 6.61 Å². The highest BCUT2D eigenvalue weighted by molar-refractivity contribution is 5.92. The molecular weight excluding hydrogens is 272 g/mol. The van der Waals surface area contributed by atoms with Crippen LogP contribution >= 0.6 is 0 Å². The number of ether oxygens (including phenoxy) is 2. The van der Waals surface area contributed by atoms with Gasteiger partial charge in [0.15, 0.2) is 12.3 Å². The van der Waals surface area contributed by atoms with Crippen molar-refractivity contribution in [2.45, 2.75) is 24.7 Å². The van der Waals surface area contributed by atoms with Crippen LogP contribution in [-0.2, 0) is 14.3 Å². The molecular formula is C15H16N2O4. The first-order valence-electron chi connectivity index (χ1n) is 7.19. The normalized spacial score (nSPS) is 31.7. The molecule has 6 heteroatoms. The summed E-state index contributed by atoms with van der Waals surface area (Å²) in [7, 11) is 0. The SMILES string of the molecule is O=C1[C@H](N2C(=O)OC[C@H]2c2ccccc2)[C@H]2OCCCN12. The van der Waals surface area contributed by atoms with Crippen LogP contribution in [0.2, 0.25) is 0 Å². The Morgan fingerprint density at radius 3 is 2.76 bits per heavy atom. The summed E-state index contributed by atoms with van der Waals surface area (Å²) in [6.07, 6.45) is 0.0979. The van der Waals surface area contributed by atoms with Crippen LogP contribution in [0.25, 0.3) is 0 Å². The standard InChI is InChI=1S/C15H16N2O4/c18-13-12(14-16(13)7-4-8-20-14)17-11(9-21-15(17)19)10-5-2-1-3-6-10/h1-3,5-6,11-12,14H,4,7-9H2/t11-,12-,14+/m0/s1. The smallest absolute Gasteiger partial charge is 0.411 e.